The van der Waals surface area contributed by atoms with Crippen molar-refractivity contribution >= 4 is 35.8 Å². The van der Waals surface area contributed by atoms with Crippen LogP contribution >= 0.6 is 0 Å². The van der Waals surface area contributed by atoms with Gasteiger partial charge < -0.3 is 9.47 Å². The quantitative estimate of drug-likeness (QED) is 0.350. The summed E-state index contributed by atoms with van der Waals surface area (Å²) >= 11 is 0. The molecule has 38 heavy (non-hydrogen) atoms. The SMILES string of the molecule is COc1cc2ncnc([N@@+]3(O[SiH](C)C)CCC(C(C)CN4CCCS4(=O)=O)[C@@H](C(C)(C)C)C3)c2cc1OC. The average molecular weight is 566 g/mol. The third-order valence-corrected chi connectivity index (χ3v) is 11.0. The molecule has 1 aromatic heterocycles. The number of hydrogen-bond donors (Lipinski definition) is 0. The summed E-state index contributed by atoms with van der Waals surface area (Å²) in [5.74, 6) is 3.32. The monoisotopic (exact) mass is 565 g/mol. The van der Waals surface area contributed by atoms with Crippen LogP contribution in [0.25, 0.3) is 10.9 Å². The lowest BCUT2D eigenvalue weighted by Crippen LogP contribution is -2.62. The first-order chi connectivity index (χ1) is 17.8. The van der Waals surface area contributed by atoms with E-state index in [-0.39, 0.29) is 17.1 Å². The second kappa shape index (κ2) is 11.0. The number of rotatable bonds is 8. The molecule has 2 aliphatic heterocycles. The number of quaternary nitrogens is 1. The van der Waals surface area contributed by atoms with Crippen LogP contribution in [0.1, 0.15) is 40.5 Å². The van der Waals surface area contributed by atoms with Crippen LogP contribution in [0, 0.1) is 23.2 Å². The maximum Gasteiger partial charge on any atom is 0.270 e. The van der Waals surface area contributed by atoms with Gasteiger partial charge in [-0.25, -0.2) is 17.7 Å². The highest BCUT2D eigenvalue weighted by molar-refractivity contribution is 7.89. The standard InChI is InChI=1S/C27H45N4O5SSi/c1-19(16-30-11-9-13-37(30,32)33)20-10-12-31(36-38(7)8,17-22(20)27(2,3)4)26-21-14-24(34-5)25(35-6)15-23(21)28-18-29-26/h14-15,18-20,22,38H,9-13,16-17H2,1-8H3/q+1/t19?,20?,22-,31+/m0/s1. The molecule has 0 aliphatic carbocycles. The number of hydroxylamine groups is 2. The summed E-state index contributed by atoms with van der Waals surface area (Å²) in [5, 5.41) is 0.905. The highest BCUT2D eigenvalue weighted by Crippen LogP contribution is 2.47. The van der Waals surface area contributed by atoms with Crippen molar-refractivity contribution in [3.8, 4) is 11.5 Å². The van der Waals surface area contributed by atoms with E-state index in [4.69, 9.17) is 19.0 Å². The maximum absolute atomic E-state index is 12.6. The Labute approximate surface area is 229 Å². The van der Waals surface area contributed by atoms with Crippen molar-refractivity contribution < 1.29 is 22.4 Å². The van der Waals surface area contributed by atoms with Gasteiger partial charge in [-0.1, -0.05) is 27.7 Å². The van der Waals surface area contributed by atoms with Gasteiger partial charge >= 0.3 is 0 Å². The Morgan fingerprint density at radius 3 is 2.42 bits per heavy atom. The Kier molecular flexibility index (Phi) is 8.45. The van der Waals surface area contributed by atoms with Crippen LogP contribution in [0.15, 0.2) is 18.5 Å². The number of methoxy groups -OCH3 is 2. The van der Waals surface area contributed by atoms with Crippen LogP contribution in [0.5, 0.6) is 11.5 Å². The predicted molar refractivity (Wildman–Crippen MR) is 154 cm³/mol. The molecular weight excluding hydrogens is 520 g/mol. The molecule has 2 aliphatic rings. The molecule has 0 bridgehead atoms. The van der Waals surface area contributed by atoms with Gasteiger partial charge in [0.15, 0.2) is 11.5 Å². The summed E-state index contributed by atoms with van der Waals surface area (Å²) in [4.78, 5) is 9.40. The largest absolute Gasteiger partial charge is 0.493 e. The molecule has 0 saturated carbocycles. The van der Waals surface area contributed by atoms with Crippen molar-refractivity contribution in [2.24, 2.45) is 23.2 Å². The third kappa shape index (κ3) is 5.72. The number of nitrogens with zero attached hydrogens (tertiary/aromatic N) is 4. The number of fused-ring (bicyclic) bond motifs is 1. The summed E-state index contributed by atoms with van der Waals surface area (Å²) in [6.45, 7) is 16.3. The van der Waals surface area contributed by atoms with Crippen LogP contribution in [-0.2, 0) is 14.6 Å². The lowest BCUT2D eigenvalue weighted by atomic mass is 9.66. The fourth-order valence-electron chi connectivity index (χ4n) is 6.49. The molecule has 1 aromatic carbocycles. The zero-order valence-corrected chi connectivity index (χ0v) is 26.2. The minimum Gasteiger partial charge on any atom is -0.493 e. The smallest absolute Gasteiger partial charge is 0.270 e. The minimum atomic E-state index is -3.12. The molecule has 4 atom stereocenters. The first-order valence-corrected chi connectivity index (χ1v) is 18.1. The van der Waals surface area contributed by atoms with Gasteiger partial charge in [0, 0.05) is 37.6 Å². The van der Waals surface area contributed by atoms with Crippen molar-refractivity contribution in [3.05, 3.63) is 18.5 Å². The molecule has 0 spiro atoms. The Balaban J connectivity index is 1.76. The van der Waals surface area contributed by atoms with Gasteiger partial charge in [0.1, 0.15) is 19.4 Å². The third-order valence-electron chi connectivity index (χ3n) is 8.29. The normalized spacial score (nSPS) is 27.1. The van der Waals surface area contributed by atoms with Gasteiger partial charge in [-0.3, -0.25) is 4.53 Å². The van der Waals surface area contributed by atoms with E-state index < -0.39 is 19.1 Å². The number of ether oxygens (including phenoxy) is 2. The molecule has 2 fully saturated rings. The van der Waals surface area contributed by atoms with E-state index in [1.807, 2.05) is 12.1 Å². The Hall–Kier alpha value is -1.79. The summed E-state index contributed by atoms with van der Waals surface area (Å²) in [7, 11) is -1.36. The Morgan fingerprint density at radius 2 is 1.84 bits per heavy atom. The predicted octanol–water partition coefficient (Wildman–Crippen LogP) is 4.22. The molecule has 212 valence electrons. The van der Waals surface area contributed by atoms with Crippen molar-refractivity contribution in [1.82, 2.24) is 18.9 Å². The molecule has 2 saturated heterocycles. The van der Waals surface area contributed by atoms with Crippen LogP contribution in [0.2, 0.25) is 13.1 Å². The van der Waals surface area contributed by atoms with E-state index in [9.17, 15) is 8.42 Å². The summed E-state index contributed by atoms with van der Waals surface area (Å²) in [6.07, 6.45) is 3.27. The number of benzene rings is 1. The molecule has 11 heteroatoms. The van der Waals surface area contributed by atoms with Crippen molar-refractivity contribution in [2.75, 3.05) is 46.2 Å². The van der Waals surface area contributed by atoms with Gasteiger partial charge in [0.25, 0.3) is 14.9 Å². The van der Waals surface area contributed by atoms with E-state index >= 15 is 0 Å². The van der Waals surface area contributed by atoms with Crippen LogP contribution in [-0.4, -0.2) is 77.9 Å². The number of sulfonamides is 1. The molecule has 4 rings (SSSR count). The molecule has 0 N–H and O–H groups in total. The van der Waals surface area contributed by atoms with E-state index in [1.165, 1.54) is 0 Å². The summed E-state index contributed by atoms with van der Waals surface area (Å²) in [5.41, 5.74) is 0.791. The zero-order chi connectivity index (χ0) is 27.9. The van der Waals surface area contributed by atoms with Crippen LogP contribution in [0.4, 0.5) is 5.82 Å². The summed E-state index contributed by atoms with van der Waals surface area (Å²) < 4.78 is 45.3. The molecule has 0 radical (unpaired) electrons. The molecule has 2 unspecified atom stereocenters. The van der Waals surface area contributed by atoms with E-state index in [1.54, 1.807) is 24.9 Å². The topological polar surface area (TPSA) is 90.9 Å². The molecule has 2 aromatic rings. The highest BCUT2D eigenvalue weighted by atomic mass is 32.2. The lowest BCUT2D eigenvalue weighted by Gasteiger charge is -2.50. The lowest BCUT2D eigenvalue weighted by molar-refractivity contribution is -0.121. The van der Waals surface area contributed by atoms with Crippen LogP contribution < -0.4 is 14.1 Å². The zero-order valence-electron chi connectivity index (χ0n) is 24.2. The fourth-order valence-corrected chi connectivity index (χ4v) is 9.21. The average Bonchev–Trinajstić information content (AvgIpc) is 3.18. The van der Waals surface area contributed by atoms with Gasteiger partial charge in [-0.15, -0.1) is 4.65 Å². The van der Waals surface area contributed by atoms with E-state index in [0.717, 1.165) is 42.7 Å². The van der Waals surface area contributed by atoms with Gasteiger partial charge in [-0.2, -0.15) is 4.98 Å². The molecule has 9 nitrogen and oxygen atoms in total. The fraction of sp³-hybridized carbons (Fsp3) is 0.704. The first kappa shape index (κ1) is 29.2. The summed E-state index contributed by atoms with van der Waals surface area (Å²) in [6, 6.07) is 3.86. The number of piperidine rings is 1. The minimum absolute atomic E-state index is 0.00162. The maximum atomic E-state index is 12.6. The second-order valence-electron chi connectivity index (χ2n) is 12.3. The molecular formula is C27H45N4O5SSi+. The van der Waals surface area contributed by atoms with E-state index in [2.05, 4.69) is 45.8 Å². The van der Waals surface area contributed by atoms with E-state index in [0.29, 0.717) is 41.1 Å². The van der Waals surface area contributed by atoms with Crippen LogP contribution in [0.3, 0.4) is 0 Å². The molecule has 3 heterocycles. The van der Waals surface area contributed by atoms with Crippen molar-refractivity contribution in [3.63, 3.8) is 0 Å². The van der Waals surface area contributed by atoms with Gasteiger partial charge in [0.05, 0.1) is 30.9 Å². The second-order valence-corrected chi connectivity index (χ2v) is 16.7. The number of aromatic nitrogens is 2. The van der Waals surface area contributed by atoms with Gasteiger partial charge in [0.2, 0.25) is 10.0 Å². The van der Waals surface area contributed by atoms with Crippen molar-refractivity contribution in [1.29, 1.82) is 0 Å². The first-order valence-electron chi connectivity index (χ1n) is 13.7. The molecule has 0 amide bonds. The van der Waals surface area contributed by atoms with Gasteiger partial charge in [-0.05, 0) is 36.8 Å². The van der Waals surface area contributed by atoms with Crippen molar-refractivity contribution in [2.45, 2.75) is 53.6 Å². The highest BCUT2D eigenvalue weighted by Gasteiger charge is 2.51. The Bertz CT molecular complexity index is 1250. The Morgan fingerprint density at radius 1 is 1.16 bits per heavy atom. The number of hydrogen-bond acceptors (Lipinski definition) is 7.